The molecule has 9 heavy (non-hydrogen) atoms. The van der Waals surface area contributed by atoms with Crippen molar-refractivity contribution in [3.63, 3.8) is 0 Å². The van der Waals surface area contributed by atoms with Crippen LogP contribution in [-0.4, -0.2) is 37.7 Å². The van der Waals surface area contributed by atoms with E-state index in [4.69, 9.17) is 0 Å². The van der Waals surface area contributed by atoms with Gasteiger partial charge in [-0.25, -0.2) is 0 Å². The first kappa shape index (κ1) is 16.7. The van der Waals surface area contributed by atoms with Gasteiger partial charge in [-0.05, 0) is 0 Å². The van der Waals surface area contributed by atoms with E-state index < -0.39 is 0 Å². The second kappa shape index (κ2) is 12.0. The van der Waals surface area contributed by atoms with Crippen molar-refractivity contribution in [2.45, 2.75) is 41.5 Å². The fourth-order valence-corrected chi connectivity index (χ4v) is 0. The molecule has 0 aromatic heterocycles. The standard InChI is InChI=1S/2C4H9.Ca/c2*1-4(2)3;/h2*1-3H3;/q2*-1;+2. The SMILES string of the molecule is C[C-](C)C.C[C-](C)C.[Ca+2]. The van der Waals surface area contributed by atoms with Gasteiger partial charge in [-0.1, -0.05) is 0 Å². The molecule has 0 fully saturated rings. The molecule has 0 saturated heterocycles. The minimum atomic E-state index is 0. The molecule has 52 valence electrons. The van der Waals surface area contributed by atoms with Crippen LogP contribution in [0.4, 0.5) is 0 Å². The van der Waals surface area contributed by atoms with Crippen molar-refractivity contribution in [1.82, 2.24) is 0 Å². The topological polar surface area (TPSA) is 0 Å². The zero-order chi connectivity index (χ0) is 7.15. The smallest absolute Gasteiger partial charge is 0.323 e. The van der Waals surface area contributed by atoms with E-state index >= 15 is 0 Å². The minimum Gasteiger partial charge on any atom is -0.323 e. The third-order valence-corrected chi connectivity index (χ3v) is 0. The fraction of sp³-hybridized carbons (Fsp3) is 0.750. The summed E-state index contributed by atoms with van der Waals surface area (Å²) in [7, 11) is 0. The molecule has 0 atom stereocenters. The number of rotatable bonds is 0. The Kier molecular flexibility index (Phi) is 22.2. The second-order valence-electron chi connectivity index (χ2n) is 3.00. The molecule has 0 rings (SSSR count). The van der Waals surface area contributed by atoms with Crippen LogP contribution >= 0.6 is 0 Å². The Bertz CT molecular complexity index is 20.0. The molecule has 0 spiro atoms. The van der Waals surface area contributed by atoms with Crippen molar-refractivity contribution >= 4 is 37.7 Å². The predicted molar refractivity (Wildman–Crippen MR) is 46.3 cm³/mol. The van der Waals surface area contributed by atoms with E-state index in [0.29, 0.717) is 0 Å². The van der Waals surface area contributed by atoms with Gasteiger partial charge in [0.2, 0.25) is 0 Å². The average molecular weight is 154 g/mol. The first-order valence-electron chi connectivity index (χ1n) is 3.00. The third kappa shape index (κ3) is 308. The quantitative estimate of drug-likeness (QED) is 0.372. The van der Waals surface area contributed by atoms with Gasteiger partial charge < -0.3 is 11.8 Å². The van der Waals surface area contributed by atoms with Crippen LogP contribution < -0.4 is 0 Å². The molecular formula is C8H18Ca. The van der Waals surface area contributed by atoms with E-state index in [1.54, 1.807) is 0 Å². The van der Waals surface area contributed by atoms with E-state index in [1.807, 2.05) is 0 Å². The van der Waals surface area contributed by atoms with Crippen LogP contribution in [-0.2, 0) is 0 Å². The monoisotopic (exact) mass is 154 g/mol. The molecular weight excluding hydrogens is 136 g/mol. The maximum absolute atomic E-state index is 2.08. The van der Waals surface area contributed by atoms with Gasteiger partial charge in [0, 0.05) is 0 Å². The summed E-state index contributed by atoms with van der Waals surface area (Å²) in [4.78, 5) is 0. The summed E-state index contributed by atoms with van der Waals surface area (Å²) in [6, 6.07) is 0. The largest absolute Gasteiger partial charge is 2.00 e. The number of hydrogen-bond acceptors (Lipinski definition) is 0. The van der Waals surface area contributed by atoms with Crippen LogP contribution in [0.2, 0.25) is 0 Å². The first-order chi connectivity index (χ1) is 3.46. The maximum Gasteiger partial charge on any atom is 2.00 e. The van der Waals surface area contributed by atoms with Gasteiger partial charge in [-0.15, -0.1) is 0 Å². The molecule has 0 bridgehead atoms. The summed E-state index contributed by atoms with van der Waals surface area (Å²) < 4.78 is 0. The summed E-state index contributed by atoms with van der Waals surface area (Å²) in [5.74, 6) is 2.83. The van der Waals surface area contributed by atoms with Gasteiger partial charge in [0.15, 0.2) is 0 Å². The molecule has 0 aromatic carbocycles. The normalized spacial score (nSPS) is 8.00. The number of hydrogen-bond donors (Lipinski definition) is 0. The van der Waals surface area contributed by atoms with Gasteiger partial charge in [0.1, 0.15) is 0 Å². The molecule has 0 nitrogen and oxygen atoms in total. The summed E-state index contributed by atoms with van der Waals surface area (Å²) in [6.45, 7) is 12.5. The zero-order valence-electron chi connectivity index (χ0n) is 7.71. The van der Waals surface area contributed by atoms with Gasteiger partial charge in [-0.2, -0.15) is 41.5 Å². The van der Waals surface area contributed by atoms with Crippen molar-refractivity contribution in [1.29, 1.82) is 0 Å². The van der Waals surface area contributed by atoms with Gasteiger partial charge in [0.05, 0.1) is 0 Å². The molecule has 0 amide bonds. The van der Waals surface area contributed by atoms with Crippen molar-refractivity contribution < 1.29 is 0 Å². The Labute approximate surface area is 90.4 Å². The van der Waals surface area contributed by atoms with E-state index in [2.05, 4.69) is 41.5 Å². The van der Waals surface area contributed by atoms with Crippen LogP contribution in [0, 0.1) is 11.8 Å². The average Bonchev–Trinajstić information content (AvgIpc) is 1.25. The third-order valence-electron chi connectivity index (χ3n) is 0. The zero-order valence-corrected chi connectivity index (χ0v) is 9.92. The molecule has 0 aliphatic heterocycles. The summed E-state index contributed by atoms with van der Waals surface area (Å²) >= 11 is 0. The molecule has 0 aliphatic rings. The molecule has 0 aliphatic carbocycles. The van der Waals surface area contributed by atoms with Gasteiger partial charge >= 0.3 is 37.7 Å². The van der Waals surface area contributed by atoms with Crippen LogP contribution in [0.3, 0.4) is 0 Å². The van der Waals surface area contributed by atoms with Crippen LogP contribution in [0.5, 0.6) is 0 Å². The van der Waals surface area contributed by atoms with E-state index in [9.17, 15) is 0 Å². The van der Waals surface area contributed by atoms with Crippen molar-refractivity contribution in [3.05, 3.63) is 11.8 Å². The van der Waals surface area contributed by atoms with Crippen molar-refractivity contribution in [3.8, 4) is 0 Å². The molecule has 0 radical (unpaired) electrons. The molecule has 0 unspecified atom stereocenters. The Morgan fingerprint density at radius 1 is 0.556 bits per heavy atom. The van der Waals surface area contributed by atoms with Crippen LogP contribution in [0.1, 0.15) is 41.5 Å². The molecule has 0 N–H and O–H groups in total. The Hall–Kier alpha value is 1.26. The van der Waals surface area contributed by atoms with Crippen molar-refractivity contribution in [2.24, 2.45) is 0 Å². The first-order valence-corrected chi connectivity index (χ1v) is 3.00. The minimum absolute atomic E-state index is 0. The Morgan fingerprint density at radius 2 is 0.556 bits per heavy atom. The van der Waals surface area contributed by atoms with Crippen LogP contribution in [0.25, 0.3) is 0 Å². The van der Waals surface area contributed by atoms with E-state index in [0.717, 1.165) is 0 Å². The molecule has 0 saturated carbocycles. The fourth-order valence-electron chi connectivity index (χ4n) is 0. The Balaban J connectivity index is -0.0000000720. The van der Waals surface area contributed by atoms with Crippen LogP contribution in [0.15, 0.2) is 0 Å². The summed E-state index contributed by atoms with van der Waals surface area (Å²) in [6.07, 6.45) is 0. The maximum atomic E-state index is 2.08. The summed E-state index contributed by atoms with van der Waals surface area (Å²) in [5, 5.41) is 0. The Morgan fingerprint density at radius 3 is 0.556 bits per heavy atom. The molecule has 0 heterocycles. The van der Waals surface area contributed by atoms with E-state index in [-0.39, 0.29) is 37.7 Å². The summed E-state index contributed by atoms with van der Waals surface area (Å²) in [5.41, 5.74) is 0. The van der Waals surface area contributed by atoms with Gasteiger partial charge in [-0.3, -0.25) is 0 Å². The van der Waals surface area contributed by atoms with Gasteiger partial charge in [0.25, 0.3) is 0 Å². The molecule has 0 aromatic rings. The predicted octanol–water partition coefficient (Wildman–Crippen LogP) is 2.86. The van der Waals surface area contributed by atoms with E-state index in [1.165, 1.54) is 11.8 Å². The molecule has 1 heteroatoms. The van der Waals surface area contributed by atoms with Crippen molar-refractivity contribution in [2.75, 3.05) is 0 Å². The second-order valence-corrected chi connectivity index (χ2v) is 3.00.